The molecule has 0 aliphatic heterocycles. The lowest BCUT2D eigenvalue weighted by Crippen LogP contribution is -2.43. The summed E-state index contributed by atoms with van der Waals surface area (Å²) in [5, 5.41) is 7.13. The highest BCUT2D eigenvalue weighted by atomic mass is 35.5. The smallest absolute Gasteiger partial charge is 0.352 e. The molecule has 1 aliphatic rings. The topological polar surface area (TPSA) is 129 Å². The van der Waals surface area contributed by atoms with E-state index in [0.29, 0.717) is 11.1 Å². The Balaban J connectivity index is 1.62. The second-order valence-corrected chi connectivity index (χ2v) is 9.69. The second kappa shape index (κ2) is 10.5. The third-order valence-corrected chi connectivity index (χ3v) is 7.11. The number of primary amides is 1. The first-order valence-corrected chi connectivity index (χ1v) is 12.2. The van der Waals surface area contributed by atoms with E-state index in [1.807, 2.05) is 6.92 Å². The number of rotatable bonds is 7. The van der Waals surface area contributed by atoms with Gasteiger partial charge in [-0.1, -0.05) is 60.7 Å². The van der Waals surface area contributed by atoms with Crippen LogP contribution in [0.4, 0.5) is 0 Å². The van der Waals surface area contributed by atoms with Gasteiger partial charge in [0.05, 0.1) is 16.3 Å². The Labute approximate surface area is 212 Å². The van der Waals surface area contributed by atoms with Crippen LogP contribution < -0.4 is 22.3 Å². The molecule has 1 aromatic heterocycles. The van der Waals surface area contributed by atoms with Gasteiger partial charge in [-0.3, -0.25) is 14.4 Å². The maximum absolute atomic E-state index is 13.3. The number of hydrogen-bond acceptors (Lipinski definition) is 5. The van der Waals surface area contributed by atoms with Crippen LogP contribution in [0.3, 0.4) is 0 Å². The fourth-order valence-corrected chi connectivity index (χ4v) is 4.98. The van der Waals surface area contributed by atoms with Crippen molar-refractivity contribution in [2.75, 3.05) is 6.54 Å². The van der Waals surface area contributed by atoms with Crippen molar-refractivity contribution in [2.45, 2.75) is 51.0 Å². The van der Waals surface area contributed by atoms with Gasteiger partial charge < -0.3 is 11.1 Å². The summed E-state index contributed by atoms with van der Waals surface area (Å²) in [5.41, 5.74) is 6.17. The highest BCUT2D eigenvalue weighted by Crippen LogP contribution is 2.39. The van der Waals surface area contributed by atoms with E-state index >= 15 is 0 Å². The van der Waals surface area contributed by atoms with E-state index in [4.69, 9.17) is 17.3 Å². The molecule has 0 unspecified atom stereocenters. The molecule has 0 saturated heterocycles. The fourth-order valence-electron chi connectivity index (χ4n) is 4.78. The van der Waals surface area contributed by atoms with E-state index in [-0.39, 0.29) is 27.6 Å². The van der Waals surface area contributed by atoms with E-state index in [0.717, 1.165) is 36.6 Å². The van der Waals surface area contributed by atoms with Crippen LogP contribution in [0, 0.1) is 6.92 Å². The lowest BCUT2D eigenvalue weighted by atomic mass is 9.69. The molecular formula is C26H28ClN5O4. The van der Waals surface area contributed by atoms with Crippen LogP contribution in [0.5, 0.6) is 0 Å². The summed E-state index contributed by atoms with van der Waals surface area (Å²) in [6.07, 6.45) is 6.23. The molecule has 36 heavy (non-hydrogen) atoms. The average molecular weight is 510 g/mol. The number of carbonyl (C=O) groups excluding carboxylic acids is 2. The van der Waals surface area contributed by atoms with Gasteiger partial charge in [-0.05, 0) is 43.5 Å². The normalized spacial score (nSPS) is 14.8. The molecule has 0 spiro atoms. The van der Waals surface area contributed by atoms with Gasteiger partial charge in [0.25, 0.3) is 11.5 Å². The summed E-state index contributed by atoms with van der Waals surface area (Å²) in [5.74, 6) is -1.22. The zero-order valence-corrected chi connectivity index (χ0v) is 20.8. The van der Waals surface area contributed by atoms with Gasteiger partial charge in [-0.25, -0.2) is 9.36 Å². The summed E-state index contributed by atoms with van der Waals surface area (Å²) in [6.45, 7) is 1.92. The molecule has 0 bridgehead atoms. The molecule has 1 aliphatic carbocycles. The first kappa shape index (κ1) is 25.4. The van der Waals surface area contributed by atoms with Crippen molar-refractivity contribution in [2.24, 2.45) is 5.73 Å². The summed E-state index contributed by atoms with van der Waals surface area (Å²) in [7, 11) is 0. The number of amides is 2. The number of nitrogens with one attached hydrogen (secondary N) is 1. The summed E-state index contributed by atoms with van der Waals surface area (Å²) in [6, 6.07) is 12.9. The Kier molecular flexibility index (Phi) is 7.40. The van der Waals surface area contributed by atoms with Crippen LogP contribution in [-0.2, 0) is 16.8 Å². The van der Waals surface area contributed by atoms with E-state index in [1.54, 1.807) is 0 Å². The first-order chi connectivity index (χ1) is 17.2. The summed E-state index contributed by atoms with van der Waals surface area (Å²) in [4.78, 5) is 49.3. The molecule has 9 nitrogen and oxygen atoms in total. The van der Waals surface area contributed by atoms with Crippen LogP contribution in [-0.4, -0.2) is 32.7 Å². The Morgan fingerprint density at radius 3 is 2.44 bits per heavy atom. The molecule has 1 saturated carbocycles. The fraction of sp³-hybridized carbons (Fsp3) is 0.346. The van der Waals surface area contributed by atoms with Crippen LogP contribution >= 0.6 is 11.6 Å². The van der Waals surface area contributed by atoms with Gasteiger partial charge >= 0.3 is 5.69 Å². The third kappa shape index (κ3) is 5.26. The Bertz CT molecular complexity index is 1410. The monoisotopic (exact) mass is 509 g/mol. The van der Waals surface area contributed by atoms with E-state index in [1.165, 1.54) is 35.7 Å². The molecule has 0 atom stereocenters. The number of hydrogen-bond donors (Lipinski definition) is 2. The van der Waals surface area contributed by atoms with Crippen molar-refractivity contribution < 1.29 is 9.59 Å². The molecule has 3 N–H and O–H groups in total. The van der Waals surface area contributed by atoms with Crippen molar-refractivity contribution >= 4 is 23.4 Å². The molecule has 3 aromatic rings. The summed E-state index contributed by atoms with van der Waals surface area (Å²) < 4.78 is 1.60. The Morgan fingerprint density at radius 2 is 1.78 bits per heavy atom. The van der Waals surface area contributed by atoms with Crippen LogP contribution in [0.2, 0.25) is 5.02 Å². The largest absolute Gasteiger partial charge is 0.368 e. The Morgan fingerprint density at radius 1 is 1.08 bits per heavy atom. The summed E-state index contributed by atoms with van der Waals surface area (Å²) >= 11 is 6.35. The molecular weight excluding hydrogens is 482 g/mol. The maximum Gasteiger partial charge on any atom is 0.352 e. The Hall–Kier alpha value is -3.72. The highest BCUT2D eigenvalue weighted by Gasteiger charge is 2.34. The van der Waals surface area contributed by atoms with Crippen molar-refractivity contribution in [1.29, 1.82) is 0 Å². The molecule has 188 valence electrons. The van der Waals surface area contributed by atoms with E-state index < -0.39 is 23.7 Å². The van der Waals surface area contributed by atoms with Gasteiger partial charge in [-0.15, -0.1) is 0 Å². The molecule has 1 fully saturated rings. The van der Waals surface area contributed by atoms with Gasteiger partial charge in [-0.2, -0.15) is 9.78 Å². The molecule has 2 aromatic carbocycles. The lowest BCUT2D eigenvalue weighted by molar-refractivity contribution is -0.118. The van der Waals surface area contributed by atoms with Gasteiger partial charge in [0.2, 0.25) is 5.91 Å². The van der Waals surface area contributed by atoms with Crippen molar-refractivity contribution in [3.63, 3.8) is 0 Å². The second-order valence-electron chi connectivity index (χ2n) is 9.28. The van der Waals surface area contributed by atoms with Crippen molar-refractivity contribution in [3.8, 4) is 5.69 Å². The maximum atomic E-state index is 13.3. The van der Waals surface area contributed by atoms with Gasteiger partial charge in [0.15, 0.2) is 0 Å². The first-order valence-electron chi connectivity index (χ1n) is 11.8. The number of aryl methyl sites for hydroxylation is 1. The van der Waals surface area contributed by atoms with Gasteiger partial charge in [0.1, 0.15) is 12.7 Å². The minimum absolute atomic E-state index is 0.158. The highest BCUT2D eigenvalue weighted by molar-refractivity contribution is 6.33. The van der Waals surface area contributed by atoms with Crippen molar-refractivity contribution in [3.05, 3.63) is 91.2 Å². The standard InChI is InChI=1S/C26H28ClN5O4/c1-17-5-7-18(8-6-17)26(11-3-2-4-12-26)16-29-24(35)20-13-19(9-10-21(20)27)32-25(36)31(15-22(28)33)23(34)14-30-32/h5-10,13-14H,2-4,11-12,15-16H2,1H3,(H2,28,33)(H,29,35). The van der Waals surface area contributed by atoms with E-state index in [2.05, 4.69) is 34.7 Å². The minimum atomic E-state index is -0.851. The molecule has 4 rings (SSSR count). The lowest BCUT2D eigenvalue weighted by Gasteiger charge is -2.38. The average Bonchev–Trinajstić information content (AvgIpc) is 2.86. The van der Waals surface area contributed by atoms with Crippen LogP contribution in [0.1, 0.15) is 53.6 Å². The minimum Gasteiger partial charge on any atom is -0.368 e. The predicted molar refractivity (Wildman–Crippen MR) is 137 cm³/mol. The number of benzene rings is 2. The number of aromatic nitrogens is 3. The van der Waals surface area contributed by atoms with Crippen molar-refractivity contribution in [1.82, 2.24) is 19.7 Å². The zero-order chi connectivity index (χ0) is 25.9. The van der Waals surface area contributed by atoms with Crippen LogP contribution in [0.25, 0.3) is 5.69 Å². The molecule has 10 heteroatoms. The van der Waals surface area contributed by atoms with Crippen LogP contribution in [0.15, 0.2) is 58.3 Å². The predicted octanol–water partition coefficient (Wildman–Crippen LogP) is 2.47. The molecule has 2 amide bonds. The quantitative estimate of drug-likeness (QED) is 0.505. The number of nitrogens with two attached hydrogens (primary N) is 1. The number of halogens is 1. The zero-order valence-electron chi connectivity index (χ0n) is 20.0. The molecule has 0 radical (unpaired) electrons. The van der Waals surface area contributed by atoms with E-state index in [9.17, 15) is 19.2 Å². The number of nitrogens with zero attached hydrogens (tertiary/aromatic N) is 3. The number of carbonyl (C=O) groups is 2. The third-order valence-electron chi connectivity index (χ3n) is 6.78. The van der Waals surface area contributed by atoms with Gasteiger partial charge in [0, 0.05) is 12.0 Å². The molecule has 1 heterocycles. The SMILES string of the molecule is Cc1ccc(C2(CNC(=O)c3cc(-n4ncc(=O)n(CC(N)=O)c4=O)ccc3Cl)CCCCC2)cc1.